The molecule has 0 bridgehead atoms. The lowest BCUT2D eigenvalue weighted by Crippen LogP contribution is -2.27. The molecule has 84 heavy (non-hydrogen) atoms. The monoisotopic (exact) mass is 1180 g/mol. The van der Waals surface area contributed by atoms with Crippen LogP contribution >= 0.6 is 0 Å². The van der Waals surface area contributed by atoms with Crippen molar-refractivity contribution in [1.82, 2.24) is 0 Å². The third-order valence-electron chi connectivity index (χ3n) is 12.8. The Morgan fingerprint density at radius 2 is 0.798 bits per heavy atom. The minimum atomic E-state index is -0.611. The number of hydrogen-bond donors (Lipinski definition) is 6. The molecule has 468 valence electrons. The van der Waals surface area contributed by atoms with Crippen LogP contribution in [-0.4, -0.2) is 133 Å². The Balaban J connectivity index is 0.000000298. The summed E-state index contributed by atoms with van der Waals surface area (Å²) >= 11 is 0. The molecule has 0 aromatic heterocycles. The smallest absolute Gasteiger partial charge is 0.157 e. The van der Waals surface area contributed by atoms with E-state index in [2.05, 4.69) is 23.7 Å². The first-order chi connectivity index (χ1) is 40.5. The van der Waals surface area contributed by atoms with E-state index in [4.69, 9.17) is 48.1 Å². The van der Waals surface area contributed by atoms with Gasteiger partial charge in [-0.1, -0.05) is 13.8 Å². The summed E-state index contributed by atoms with van der Waals surface area (Å²) in [5.41, 5.74) is 0. The third-order valence-corrected chi connectivity index (χ3v) is 12.8. The van der Waals surface area contributed by atoms with Gasteiger partial charge in [0.2, 0.25) is 0 Å². The molecule has 2 aliphatic rings. The lowest BCUT2D eigenvalue weighted by molar-refractivity contribution is -0.186. The summed E-state index contributed by atoms with van der Waals surface area (Å²) in [6, 6.07) is 22.9. The summed E-state index contributed by atoms with van der Waals surface area (Å²) in [5, 5.41) is 56.9. The zero-order valence-electron chi connectivity index (χ0n) is 49.4. The number of aliphatic hydroxyl groups excluding tert-OH is 6. The highest BCUT2D eigenvalue weighted by Gasteiger charge is 2.19. The normalized spacial score (nSPS) is 17.5. The Kier molecular flexibility index (Phi) is 38.9. The summed E-state index contributed by atoms with van der Waals surface area (Å²) in [7, 11) is 0. The standard InChI is InChI=1S/C21H29FO4.C17H25FO4.C16H21FO3.C12H17FO3/c1-17(6-2-4-14-24-21-7-3-5-15-25-21)8-11-19(23)16-26-20-12-9-18(22)10-13-20;1-13(22-17-4-2-3-11-20-17)5-8-15(19)12-21-16-9-6-14(18)7-10-16;1-13(4-2-3-11-18)5-8-15(19)12-20-16-9-6-14(17)7-10-16;1-9(14)2-5-11(15)8-16-12-6-3-10(13)4-7-12/h9-10,12-13,17,19,21,23H,3-5,7-8,11,14-16H2,1H3;6-7,9-10,13,15,17,19H,2-5,8,11-12H2,1H3;6-7,9-10,13,15,18-19H,3,5,8,11-12H2,1H3;3-4,6-7,9,11,14-15H,2,5,8H2,1H3/t17?,19-,21?;13?,15-,17?;13?,15-;9?,11-/m0000/s1. The van der Waals surface area contributed by atoms with Crippen molar-refractivity contribution in [3.63, 3.8) is 0 Å². The van der Waals surface area contributed by atoms with Gasteiger partial charge in [0.25, 0.3) is 0 Å². The van der Waals surface area contributed by atoms with E-state index in [0.29, 0.717) is 74.6 Å². The van der Waals surface area contributed by atoms with Crippen molar-refractivity contribution < 1.29 is 86.1 Å². The Hall–Kier alpha value is -5.48. The number of ether oxygens (including phenoxy) is 8. The maximum atomic E-state index is 12.8. The summed E-state index contributed by atoms with van der Waals surface area (Å²) in [4.78, 5) is 0. The average Bonchev–Trinajstić information content (AvgIpc) is 3.50. The highest BCUT2D eigenvalue weighted by Crippen LogP contribution is 2.20. The van der Waals surface area contributed by atoms with E-state index in [1.807, 2.05) is 20.8 Å². The van der Waals surface area contributed by atoms with Gasteiger partial charge in [-0.3, -0.25) is 0 Å². The predicted molar refractivity (Wildman–Crippen MR) is 314 cm³/mol. The molecule has 4 aromatic rings. The molecule has 0 saturated carbocycles. The molecule has 0 aliphatic carbocycles. The first kappa shape index (κ1) is 72.8. The Labute approximate surface area is 495 Å². The molecule has 6 rings (SSSR count). The van der Waals surface area contributed by atoms with Crippen LogP contribution < -0.4 is 18.9 Å². The third kappa shape index (κ3) is 37.8. The summed E-state index contributed by atoms with van der Waals surface area (Å²) < 4.78 is 94.8. The minimum absolute atomic E-state index is 0.0450. The fraction of sp³-hybridized carbons (Fsp3) is 0.576. The lowest BCUT2D eigenvalue weighted by atomic mass is 10.0. The van der Waals surface area contributed by atoms with E-state index in [1.54, 1.807) is 31.2 Å². The van der Waals surface area contributed by atoms with Gasteiger partial charge in [-0.15, -0.1) is 23.7 Å². The van der Waals surface area contributed by atoms with Crippen molar-refractivity contribution >= 4 is 0 Å². The van der Waals surface area contributed by atoms with E-state index in [-0.39, 0.29) is 86.8 Å². The van der Waals surface area contributed by atoms with Crippen molar-refractivity contribution in [2.45, 2.75) is 180 Å². The van der Waals surface area contributed by atoms with Crippen LogP contribution in [0.5, 0.6) is 23.0 Å². The van der Waals surface area contributed by atoms with E-state index in [0.717, 1.165) is 64.6 Å². The molecular formula is C66H92F4O14. The van der Waals surface area contributed by atoms with Gasteiger partial charge in [0, 0.05) is 37.9 Å². The van der Waals surface area contributed by atoms with E-state index in [1.165, 1.54) is 79.2 Å². The maximum absolute atomic E-state index is 12.8. The quantitative estimate of drug-likeness (QED) is 0.0164. The molecule has 2 aliphatic heterocycles. The van der Waals surface area contributed by atoms with Gasteiger partial charge in [-0.2, -0.15) is 0 Å². The fourth-order valence-electron chi connectivity index (χ4n) is 7.89. The van der Waals surface area contributed by atoms with E-state index in [9.17, 15) is 38.0 Å². The lowest BCUT2D eigenvalue weighted by Gasteiger charge is -2.26. The Morgan fingerprint density at radius 3 is 1.14 bits per heavy atom. The molecule has 2 heterocycles. The van der Waals surface area contributed by atoms with Crippen LogP contribution in [0.2, 0.25) is 0 Å². The molecule has 0 spiro atoms. The molecule has 0 amide bonds. The number of hydrogen-bond acceptors (Lipinski definition) is 14. The van der Waals surface area contributed by atoms with Crippen LogP contribution in [0.15, 0.2) is 97.1 Å². The second-order valence-electron chi connectivity index (χ2n) is 20.9. The van der Waals surface area contributed by atoms with Crippen LogP contribution in [-0.2, 0) is 18.9 Å². The molecule has 0 radical (unpaired) electrons. The topological polar surface area (TPSA) is 195 Å². The van der Waals surface area contributed by atoms with Crippen molar-refractivity contribution in [2.24, 2.45) is 11.8 Å². The summed E-state index contributed by atoms with van der Waals surface area (Å²) in [5.74, 6) is 13.5. The Morgan fingerprint density at radius 1 is 0.452 bits per heavy atom. The molecule has 2 fully saturated rings. The molecule has 6 unspecified atom stereocenters. The highest BCUT2D eigenvalue weighted by atomic mass is 19.1. The second-order valence-corrected chi connectivity index (χ2v) is 20.9. The van der Waals surface area contributed by atoms with Crippen molar-refractivity contribution in [3.05, 3.63) is 120 Å². The van der Waals surface area contributed by atoms with Crippen LogP contribution in [0.4, 0.5) is 17.6 Å². The van der Waals surface area contributed by atoms with Crippen LogP contribution in [0.3, 0.4) is 0 Å². The molecule has 14 nitrogen and oxygen atoms in total. The van der Waals surface area contributed by atoms with Crippen molar-refractivity contribution in [1.29, 1.82) is 0 Å². The van der Waals surface area contributed by atoms with Crippen molar-refractivity contribution in [2.75, 3.05) is 52.9 Å². The van der Waals surface area contributed by atoms with Gasteiger partial charge in [-0.05, 0) is 201 Å². The summed E-state index contributed by atoms with van der Waals surface area (Å²) in [6.45, 7) is 10.7. The summed E-state index contributed by atoms with van der Waals surface area (Å²) in [6.07, 6.45) is 9.94. The van der Waals surface area contributed by atoms with Gasteiger partial charge in [0.1, 0.15) is 72.7 Å². The van der Waals surface area contributed by atoms with Crippen LogP contribution in [0.1, 0.15) is 130 Å². The van der Waals surface area contributed by atoms with Gasteiger partial charge in [0.05, 0.1) is 49.8 Å². The number of benzene rings is 4. The molecule has 10 atom stereocenters. The molecule has 2 saturated heterocycles. The fourth-order valence-corrected chi connectivity index (χ4v) is 7.89. The predicted octanol–water partition coefficient (Wildman–Crippen LogP) is 11.3. The van der Waals surface area contributed by atoms with Gasteiger partial charge in [-0.25, -0.2) is 17.6 Å². The molecule has 18 heteroatoms. The zero-order chi connectivity index (χ0) is 61.2. The van der Waals surface area contributed by atoms with Gasteiger partial charge >= 0.3 is 0 Å². The molecule has 4 aromatic carbocycles. The number of halogens is 4. The minimum Gasteiger partial charge on any atom is -0.491 e. The molecule has 6 N–H and O–H groups in total. The highest BCUT2D eigenvalue weighted by molar-refractivity contribution is 5.24. The first-order valence-corrected chi connectivity index (χ1v) is 29.5. The average molecular weight is 1190 g/mol. The van der Waals surface area contributed by atoms with E-state index < -0.39 is 30.5 Å². The van der Waals surface area contributed by atoms with Gasteiger partial charge < -0.3 is 68.5 Å². The molecular weight excluding hydrogens is 1090 g/mol. The largest absolute Gasteiger partial charge is 0.491 e. The van der Waals surface area contributed by atoms with Crippen LogP contribution in [0.25, 0.3) is 0 Å². The number of aliphatic hydroxyl groups is 6. The first-order valence-electron chi connectivity index (χ1n) is 29.5. The second kappa shape index (κ2) is 44.9. The van der Waals surface area contributed by atoms with E-state index >= 15 is 0 Å². The Bertz CT molecular complexity index is 2370. The number of rotatable bonds is 30. The maximum Gasteiger partial charge on any atom is 0.157 e. The zero-order valence-corrected chi connectivity index (χ0v) is 49.4. The van der Waals surface area contributed by atoms with Gasteiger partial charge in [0.15, 0.2) is 12.6 Å². The van der Waals surface area contributed by atoms with Crippen LogP contribution in [0, 0.1) is 58.8 Å². The van der Waals surface area contributed by atoms with Crippen molar-refractivity contribution in [3.8, 4) is 46.7 Å². The SMILES string of the molecule is CC(C#CCCO)CC[C@H](O)COc1ccc(F)cc1.CC(C#CCCOC1CCCCO1)CC[C@H](O)COc1ccc(F)cc1.CC(CC[C@H](O)COc1ccc(F)cc1)OC1CCCCO1.CC(O)CC[C@H](O)COc1ccc(F)cc1.